The summed E-state index contributed by atoms with van der Waals surface area (Å²) < 4.78 is 6.36. The van der Waals surface area contributed by atoms with Crippen molar-refractivity contribution in [1.82, 2.24) is 20.9 Å². The maximum Gasteiger partial charge on any atom is 0.251 e. The fraction of sp³-hybridized carbons (Fsp3) is 0.490. The molecule has 14 heteroatoms. The van der Waals surface area contributed by atoms with Gasteiger partial charge in [-0.25, -0.2) is 0 Å². The van der Waals surface area contributed by atoms with Gasteiger partial charge >= 0.3 is 0 Å². The molecule has 1 saturated heterocycles. The minimum atomic E-state index is -0.914. The number of aliphatic hydroxyl groups is 1. The number of nitrogens with zero attached hydrogens (tertiary/aromatic N) is 3. The number of aliphatic imine (C=N–C) groups is 1. The number of allylic oxidation sites excluding steroid dienone is 1. The standard InChI is InChI=1S/C51H65ClN6O6S/c1-30(33-20-22-34(23-21-33)42(65-11)31(2)54-10)55-45(62)40-26-37(59)29-58(40)46(63)43(49(3,4)5)56-41(60)15-13-12-14-32-16-18-35(19-17-32)44(61)57-47-50(6,7)48(51(47,8)9)64-38-25-24-36(28-53)39(52)27-38/h16-25,27,30,37,40,43,47-48,59H,10,12-15,26,29H2,1-9,11H3,(H,55,62)(H,56,60)(H,57,61)/b42-31-/t30-,37+,40-,43+,47-,48-/m0/s1. The van der Waals surface area contributed by atoms with E-state index >= 15 is 0 Å². The van der Waals surface area contributed by atoms with Crippen LogP contribution in [0.4, 0.5) is 0 Å². The van der Waals surface area contributed by atoms with Crippen molar-refractivity contribution in [3.8, 4) is 11.8 Å². The van der Waals surface area contributed by atoms with Gasteiger partial charge in [-0.3, -0.25) is 24.2 Å². The third-order valence-corrected chi connectivity index (χ3v) is 14.1. The number of benzene rings is 3. The molecule has 0 spiro atoms. The number of carbonyl (C=O) groups excluding carboxylic acids is 4. The summed E-state index contributed by atoms with van der Waals surface area (Å²) in [4.78, 5) is 61.1. The molecule has 1 heterocycles. The van der Waals surface area contributed by atoms with E-state index in [1.54, 1.807) is 30.0 Å². The van der Waals surface area contributed by atoms with Gasteiger partial charge in [-0.2, -0.15) is 5.26 Å². The number of likely N-dealkylation sites (tertiary alicyclic amines) is 1. The highest BCUT2D eigenvalue weighted by atomic mass is 35.5. The van der Waals surface area contributed by atoms with Crippen molar-refractivity contribution in [1.29, 1.82) is 5.26 Å². The lowest BCUT2D eigenvalue weighted by atomic mass is 9.49. The molecule has 3 aromatic carbocycles. The number of β-amino-alcohol motifs (C(OH)–C–C–N with tert-alkyl or cyclic N) is 1. The number of thioether (sulfide) groups is 1. The van der Waals surface area contributed by atoms with Crippen LogP contribution >= 0.6 is 23.4 Å². The molecular weight excluding hydrogens is 860 g/mol. The second kappa shape index (κ2) is 21.0. The van der Waals surface area contributed by atoms with E-state index in [9.17, 15) is 29.5 Å². The van der Waals surface area contributed by atoms with Crippen molar-refractivity contribution >= 4 is 58.6 Å². The molecule has 4 atom stereocenters. The minimum absolute atomic E-state index is 0.00750. The van der Waals surface area contributed by atoms with Crippen LogP contribution in [-0.2, 0) is 20.8 Å². The quantitative estimate of drug-likeness (QED) is 0.0769. The number of carbonyl (C=O) groups is 4. The molecule has 0 aromatic heterocycles. The maximum absolute atomic E-state index is 14.2. The van der Waals surface area contributed by atoms with Gasteiger partial charge in [-0.1, -0.05) is 96.5 Å². The lowest BCUT2D eigenvalue weighted by molar-refractivity contribution is -0.164. The van der Waals surface area contributed by atoms with Gasteiger partial charge in [0.25, 0.3) is 5.91 Å². The molecule has 1 aliphatic carbocycles. The number of hydrogen-bond donors (Lipinski definition) is 4. The Balaban J connectivity index is 1.10. The Labute approximate surface area is 394 Å². The number of rotatable bonds is 17. The zero-order valence-corrected chi connectivity index (χ0v) is 41.0. The Hall–Kier alpha value is -5.16. The van der Waals surface area contributed by atoms with Crippen LogP contribution in [0.1, 0.15) is 127 Å². The van der Waals surface area contributed by atoms with Crippen LogP contribution in [0.3, 0.4) is 0 Å². The smallest absolute Gasteiger partial charge is 0.251 e. The predicted octanol–water partition coefficient (Wildman–Crippen LogP) is 8.66. The highest BCUT2D eigenvalue weighted by molar-refractivity contribution is 8.07. The fourth-order valence-electron chi connectivity index (χ4n) is 9.46. The summed E-state index contributed by atoms with van der Waals surface area (Å²) in [5, 5.41) is 29.4. The van der Waals surface area contributed by atoms with Gasteiger partial charge in [-0.05, 0) is 92.5 Å². The molecule has 12 nitrogen and oxygen atoms in total. The van der Waals surface area contributed by atoms with Crippen LogP contribution in [0.25, 0.3) is 4.91 Å². The molecule has 4 amide bonds. The highest BCUT2D eigenvalue weighted by Crippen LogP contribution is 2.55. The average molecular weight is 926 g/mol. The first-order chi connectivity index (χ1) is 30.5. The van der Waals surface area contributed by atoms with Crippen molar-refractivity contribution < 1.29 is 29.0 Å². The fourth-order valence-corrected chi connectivity index (χ4v) is 10.4. The van der Waals surface area contributed by atoms with Gasteiger partial charge in [0.2, 0.25) is 17.7 Å². The molecule has 1 aliphatic heterocycles. The summed E-state index contributed by atoms with van der Waals surface area (Å²) in [6.07, 6.45) is 3.19. The normalized spacial score (nSPS) is 21.1. The van der Waals surface area contributed by atoms with Crippen molar-refractivity contribution in [3.05, 3.63) is 105 Å². The predicted molar refractivity (Wildman–Crippen MR) is 260 cm³/mol. The summed E-state index contributed by atoms with van der Waals surface area (Å²) >= 11 is 7.83. The summed E-state index contributed by atoms with van der Waals surface area (Å²) in [6, 6.07) is 20.1. The Morgan fingerprint density at radius 1 is 1.00 bits per heavy atom. The molecule has 3 aromatic rings. The largest absolute Gasteiger partial charge is 0.489 e. The van der Waals surface area contributed by atoms with Crippen molar-refractivity contribution in [3.63, 3.8) is 0 Å². The number of nitrogens with one attached hydrogen (secondary N) is 3. The van der Waals surface area contributed by atoms with E-state index < -0.39 is 40.3 Å². The lowest BCUT2D eigenvalue weighted by Crippen LogP contribution is -2.74. The summed E-state index contributed by atoms with van der Waals surface area (Å²) in [7, 11) is 0. The van der Waals surface area contributed by atoms with Crippen LogP contribution in [0, 0.1) is 27.6 Å². The maximum atomic E-state index is 14.2. The molecular formula is C51H65ClN6O6S. The number of amides is 4. The van der Waals surface area contributed by atoms with E-state index in [0.29, 0.717) is 41.2 Å². The molecule has 4 N–H and O–H groups in total. The first-order valence-corrected chi connectivity index (χ1v) is 23.8. The number of ether oxygens (including phenoxy) is 1. The van der Waals surface area contributed by atoms with Crippen molar-refractivity contribution in [2.24, 2.45) is 21.2 Å². The Bertz CT molecular complexity index is 2300. The average Bonchev–Trinajstić information content (AvgIpc) is 3.66. The Kier molecular flexibility index (Phi) is 16.4. The number of nitriles is 1. The van der Waals surface area contributed by atoms with E-state index in [2.05, 4.69) is 61.4 Å². The first-order valence-electron chi connectivity index (χ1n) is 22.2. The topological polar surface area (TPSA) is 173 Å². The molecule has 348 valence electrons. The van der Waals surface area contributed by atoms with Crippen molar-refractivity contribution in [2.75, 3.05) is 12.8 Å². The SMILES string of the molecule is C=N/C(C)=C(\SC)c1ccc([C@H](C)NC(=O)[C@@H]2C[C@@H](O)CN2C(=O)[C@@H](NC(=O)CCCCc2ccc(C(=O)N[C@H]3C(C)(C)[C@H](Oc4ccc(C#N)c(Cl)c4)C3(C)C)cc2)C(C)(C)C)cc1. The first kappa shape index (κ1) is 50.8. The second-order valence-electron chi connectivity index (χ2n) is 19.6. The van der Waals surface area contributed by atoms with E-state index in [4.69, 9.17) is 16.3 Å². The van der Waals surface area contributed by atoms with E-state index in [1.807, 2.05) is 89.4 Å². The van der Waals surface area contributed by atoms with Gasteiger partial charge in [0.1, 0.15) is 30.0 Å². The zero-order valence-electron chi connectivity index (χ0n) is 39.4. The number of aliphatic hydroxyl groups excluding tert-OH is 1. The molecule has 5 rings (SSSR count). The van der Waals surface area contributed by atoms with Gasteiger partial charge < -0.3 is 30.7 Å². The van der Waals surface area contributed by atoms with Crippen LogP contribution in [-0.4, -0.2) is 83.5 Å². The van der Waals surface area contributed by atoms with Crippen molar-refractivity contribution in [2.45, 2.75) is 131 Å². The van der Waals surface area contributed by atoms with E-state index in [1.165, 1.54) is 4.90 Å². The van der Waals surface area contributed by atoms with Gasteiger partial charge in [-0.15, -0.1) is 11.8 Å². The molecule has 0 unspecified atom stereocenters. The van der Waals surface area contributed by atoms with Gasteiger partial charge in [0, 0.05) is 52.8 Å². The highest BCUT2D eigenvalue weighted by Gasteiger charge is 2.64. The summed E-state index contributed by atoms with van der Waals surface area (Å²) in [6.45, 7) is 21.3. The summed E-state index contributed by atoms with van der Waals surface area (Å²) in [5.41, 5.74) is 3.21. The molecule has 2 fully saturated rings. The molecule has 65 heavy (non-hydrogen) atoms. The van der Waals surface area contributed by atoms with Crippen LogP contribution < -0.4 is 20.7 Å². The Morgan fingerprint density at radius 2 is 1.63 bits per heavy atom. The van der Waals surface area contributed by atoms with E-state index in [-0.39, 0.29) is 55.3 Å². The van der Waals surface area contributed by atoms with Gasteiger partial charge in [0.15, 0.2) is 0 Å². The number of halogens is 1. The van der Waals surface area contributed by atoms with Crippen LogP contribution in [0.5, 0.6) is 5.75 Å². The molecule has 2 aliphatic rings. The number of aryl methyl sites for hydroxylation is 1. The lowest BCUT2D eigenvalue weighted by Gasteiger charge is -2.63. The second-order valence-corrected chi connectivity index (χ2v) is 20.8. The molecule has 0 radical (unpaired) electrons. The molecule has 0 bridgehead atoms. The van der Waals surface area contributed by atoms with Gasteiger partial charge in [0.05, 0.1) is 28.4 Å². The monoisotopic (exact) mass is 924 g/mol. The molecule has 1 saturated carbocycles. The summed E-state index contributed by atoms with van der Waals surface area (Å²) in [5.74, 6) is -0.645. The number of unbranched alkanes of at least 4 members (excludes halogenated alkanes) is 1. The zero-order chi connectivity index (χ0) is 48.0. The minimum Gasteiger partial charge on any atom is -0.489 e. The third kappa shape index (κ3) is 11.8. The van der Waals surface area contributed by atoms with Crippen LogP contribution in [0.2, 0.25) is 5.02 Å². The Morgan fingerprint density at radius 3 is 2.20 bits per heavy atom. The van der Waals surface area contributed by atoms with Crippen LogP contribution in [0.15, 0.2) is 77.4 Å². The number of hydrogen-bond acceptors (Lipinski definition) is 9. The third-order valence-electron chi connectivity index (χ3n) is 12.8. The van der Waals surface area contributed by atoms with E-state index in [0.717, 1.165) is 27.3 Å².